The number of ether oxygens (including phenoxy) is 1. The van der Waals surface area contributed by atoms with Crippen LogP contribution in [0.2, 0.25) is 0 Å². The Kier molecular flexibility index (Phi) is 6.68. The van der Waals surface area contributed by atoms with E-state index in [1.54, 1.807) is 10.9 Å². The highest BCUT2D eigenvalue weighted by atomic mass is 32.1. The first-order chi connectivity index (χ1) is 17.2. The zero-order valence-electron chi connectivity index (χ0n) is 19.2. The monoisotopic (exact) mass is 480 g/mol. The van der Waals surface area contributed by atoms with Crippen LogP contribution in [-0.2, 0) is 6.54 Å². The average molecular weight is 481 g/mol. The van der Waals surface area contributed by atoms with Crippen molar-refractivity contribution in [2.75, 3.05) is 6.61 Å². The van der Waals surface area contributed by atoms with E-state index in [1.807, 2.05) is 97.2 Å². The summed E-state index contributed by atoms with van der Waals surface area (Å²) in [6.45, 7) is 2.82. The number of rotatable bonds is 8. The first kappa shape index (κ1) is 22.6. The van der Waals surface area contributed by atoms with E-state index in [-0.39, 0.29) is 5.56 Å². The molecule has 0 unspecified atom stereocenters. The molecule has 0 aliphatic heterocycles. The van der Waals surface area contributed by atoms with E-state index in [1.165, 1.54) is 11.3 Å². The molecule has 2 heterocycles. The molecule has 0 spiro atoms. The SMILES string of the molecule is CCOc1ccccc1N=Cc1c(-c2ccccc2)[nH]n(Cc2nc(-c3ccccc3)cs2)c1=O. The lowest BCUT2D eigenvalue weighted by Gasteiger charge is -2.05. The maximum absolute atomic E-state index is 13.5. The van der Waals surface area contributed by atoms with Gasteiger partial charge in [0.05, 0.1) is 30.1 Å². The van der Waals surface area contributed by atoms with E-state index in [2.05, 4.69) is 10.1 Å². The molecule has 35 heavy (non-hydrogen) atoms. The van der Waals surface area contributed by atoms with Crippen molar-refractivity contribution >= 4 is 23.2 Å². The van der Waals surface area contributed by atoms with Crippen molar-refractivity contribution in [3.8, 4) is 28.3 Å². The third kappa shape index (κ3) is 5.00. The number of aromatic nitrogens is 3. The second-order valence-electron chi connectivity index (χ2n) is 7.81. The minimum Gasteiger partial charge on any atom is -0.492 e. The molecule has 0 saturated heterocycles. The molecule has 1 N–H and O–H groups in total. The van der Waals surface area contributed by atoms with Crippen LogP contribution >= 0.6 is 11.3 Å². The van der Waals surface area contributed by atoms with Crippen molar-refractivity contribution in [2.45, 2.75) is 13.5 Å². The van der Waals surface area contributed by atoms with Gasteiger partial charge < -0.3 is 4.74 Å². The molecule has 6 nitrogen and oxygen atoms in total. The fourth-order valence-corrected chi connectivity index (χ4v) is 4.58. The number of hydrogen-bond donors (Lipinski definition) is 1. The number of aliphatic imine (C=N–C) groups is 1. The van der Waals surface area contributed by atoms with Gasteiger partial charge in [-0.1, -0.05) is 72.8 Å². The van der Waals surface area contributed by atoms with Gasteiger partial charge in [-0.25, -0.2) is 9.67 Å². The Morgan fingerprint density at radius 1 is 0.971 bits per heavy atom. The van der Waals surface area contributed by atoms with Gasteiger partial charge in [-0.2, -0.15) is 0 Å². The van der Waals surface area contributed by atoms with E-state index in [0.717, 1.165) is 21.8 Å². The van der Waals surface area contributed by atoms with Crippen LogP contribution in [0.25, 0.3) is 22.5 Å². The normalized spacial score (nSPS) is 11.2. The van der Waals surface area contributed by atoms with E-state index in [9.17, 15) is 4.79 Å². The van der Waals surface area contributed by atoms with Gasteiger partial charge in [0, 0.05) is 22.7 Å². The standard InChI is InChI=1S/C28H24N4O2S/c1-2-34-25-16-10-9-15-23(25)29-17-22-27(21-13-7-4-8-14-21)31-32(28(22)33)18-26-30-24(19-35-26)20-11-5-3-6-12-20/h3-17,19,31H,2,18H2,1H3. The molecule has 0 aliphatic rings. The first-order valence-corrected chi connectivity index (χ1v) is 12.2. The molecule has 174 valence electrons. The zero-order valence-corrected chi connectivity index (χ0v) is 20.0. The van der Waals surface area contributed by atoms with Crippen LogP contribution in [0.15, 0.2) is 100 Å². The van der Waals surface area contributed by atoms with Crippen molar-refractivity contribution in [2.24, 2.45) is 4.99 Å². The minimum atomic E-state index is -0.155. The van der Waals surface area contributed by atoms with Crippen LogP contribution in [-0.4, -0.2) is 27.6 Å². The van der Waals surface area contributed by atoms with E-state index in [4.69, 9.17) is 9.72 Å². The van der Waals surface area contributed by atoms with Crippen LogP contribution in [0.5, 0.6) is 5.75 Å². The fraction of sp³-hybridized carbons (Fsp3) is 0.107. The molecular formula is C28H24N4O2S. The maximum atomic E-state index is 13.5. The molecule has 0 bridgehead atoms. The smallest absolute Gasteiger partial charge is 0.276 e. The number of aromatic amines is 1. The number of nitrogens with one attached hydrogen (secondary N) is 1. The third-order valence-corrected chi connectivity index (χ3v) is 6.30. The van der Waals surface area contributed by atoms with Gasteiger partial charge >= 0.3 is 0 Å². The Bertz CT molecular complexity index is 1500. The molecule has 0 saturated carbocycles. The van der Waals surface area contributed by atoms with Gasteiger partial charge in [-0.3, -0.25) is 14.9 Å². The lowest BCUT2D eigenvalue weighted by molar-refractivity contribution is 0.341. The Balaban J connectivity index is 1.51. The van der Waals surface area contributed by atoms with E-state index in [0.29, 0.717) is 35.8 Å². The van der Waals surface area contributed by atoms with Gasteiger partial charge in [0.2, 0.25) is 0 Å². The summed E-state index contributed by atoms with van der Waals surface area (Å²) in [4.78, 5) is 22.8. The fourth-order valence-electron chi connectivity index (χ4n) is 3.79. The molecule has 0 fully saturated rings. The number of para-hydroxylation sites is 2. The number of hydrogen-bond acceptors (Lipinski definition) is 5. The second kappa shape index (κ2) is 10.4. The van der Waals surface area contributed by atoms with Gasteiger partial charge in [0.1, 0.15) is 16.4 Å². The van der Waals surface area contributed by atoms with Gasteiger partial charge in [-0.05, 0) is 19.1 Å². The van der Waals surface area contributed by atoms with E-state index < -0.39 is 0 Å². The topological polar surface area (TPSA) is 72.3 Å². The first-order valence-electron chi connectivity index (χ1n) is 11.4. The van der Waals surface area contributed by atoms with Crippen molar-refractivity contribution in [1.29, 1.82) is 0 Å². The minimum absolute atomic E-state index is 0.155. The third-order valence-electron chi connectivity index (χ3n) is 5.47. The molecule has 3 aromatic carbocycles. The number of nitrogens with zero attached hydrogens (tertiary/aromatic N) is 3. The van der Waals surface area contributed by atoms with Crippen molar-refractivity contribution in [1.82, 2.24) is 14.8 Å². The van der Waals surface area contributed by atoms with Crippen LogP contribution in [0.3, 0.4) is 0 Å². The van der Waals surface area contributed by atoms with Crippen molar-refractivity contribution < 1.29 is 4.74 Å². The summed E-state index contributed by atoms with van der Waals surface area (Å²) in [5.41, 5.74) is 4.59. The van der Waals surface area contributed by atoms with Gasteiger partial charge in [-0.15, -0.1) is 11.3 Å². The highest BCUT2D eigenvalue weighted by Crippen LogP contribution is 2.27. The largest absolute Gasteiger partial charge is 0.492 e. The van der Waals surface area contributed by atoms with E-state index >= 15 is 0 Å². The Labute approximate surface area is 207 Å². The molecule has 5 rings (SSSR count). The molecule has 0 radical (unpaired) electrons. The Hall–Kier alpha value is -4.23. The molecule has 2 aromatic heterocycles. The number of thiazole rings is 1. The summed E-state index contributed by atoms with van der Waals surface area (Å²) in [5, 5.41) is 6.15. The summed E-state index contributed by atoms with van der Waals surface area (Å²) in [6, 6.07) is 27.4. The van der Waals surface area contributed by atoms with Crippen LogP contribution in [0.4, 0.5) is 5.69 Å². The highest BCUT2D eigenvalue weighted by molar-refractivity contribution is 7.09. The summed E-state index contributed by atoms with van der Waals surface area (Å²) in [6.07, 6.45) is 1.62. The van der Waals surface area contributed by atoms with Crippen LogP contribution in [0.1, 0.15) is 17.5 Å². The average Bonchev–Trinajstić information content (AvgIpc) is 3.50. The van der Waals surface area contributed by atoms with Crippen LogP contribution in [0, 0.1) is 0 Å². The molecule has 7 heteroatoms. The lowest BCUT2D eigenvalue weighted by atomic mass is 10.1. The van der Waals surface area contributed by atoms with Gasteiger partial charge in [0.15, 0.2) is 0 Å². The molecule has 5 aromatic rings. The molecule has 0 atom stereocenters. The van der Waals surface area contributed by atoms with Gasteiger partial charge in [0.25, 0.3) is 5.56 Å². The highest BCUT2D eigenvalue weighted by Gasteiger charge is 2.16. The maximum Gasteiger partial charge on any atom is 0.276 e. The number of H-pyrrole nitrogens is 1. The van der Waals surface area contributed by atoms with Crippen LogP contribution < -0.4 is 10.3 Å². The van der Waals surface area contributed by atoms with Crippen molar-refractivity contribution in [3.63, 3.8) is 0 Å². The zero-order chi connectivity index (χ0) is 24.0. The lowest BCUT2D eigenvalue weighted by Crippen LogP contribution is -2.19. The second-order valence-corrected chi connectivity index (χ2v) is 8.75. The molecule has 0 amide bonds. The quantitative estimate of drug-likeness (QED) is 0.270. The predicted molar refractivity (Wildman–Crippen MR) is 142 cm³/mol. The molecule has 0 aliphatic carbocycles. The predicted octanol–water partition coefficient (Wildman–Crippen LogP) is 6.16. The summed E-state index contributed by atoms with van der Waals surface area (Å²) in [7, 11) is 0. The Morgan fingerprint density at radius 2 is 1.66 bits per heavy atom. The summed E-state index contributed by atoms with van der Waals surface area (Å²) < 4.78 is 7.27. The molecular weight excluding hydrogens is 456 g/mol. The van der Waals surface area contributed by atoms with Crippen molar-refractivity contribution in [3.05, 3.63) is 111 Å². The Morgan fingerprint density at radius 3 is 2.40 bits per heavy atom. The number of benzene rings is 3. The summed E-state index contributed by atoms with van der Waals surface area (Å²) in [5.74, 6) is 0.680. The summed E-state index contributed by atoms with van der Waals surface area (Å²) >= 11 is 1.54.